The highest BCUT2D eigenvalue weighted by Gasteiger charge is 2.24. The van der Waals surface area contributed by atoms with Crippen LogP contribution in [0, 0.1) is 6.92 Å². The number of carbonyl (C=O) groups is 1. The fraction of sp³-hybridized carbons (Fsp3) is 0.476. The van der Waals surface area contributed by atoms with Gasteiger partial charge in [-0.1, -0.05) is 12.8 Å². The molecule has 12 heteroatoms. The summed E-state index contributed by atoms with van der Waals surface area (Å²) in [6.45, 7) is 5.12. The van der Waals surface area contributed by atoms with Gasteiger partial charge in [-0.15, -0.1) is 0 Å². The van der Waals surface area contributed by atoms with Gasteiger partial charge < -0.3 is 22.1 Å². The van der Waals surface area contributed by atoms with Gasteiger partial charge in [-0.25, -0.2) is 13.1 Å². The van der Waals surface area contributed by atoms with Crippen LogP contribution in [0.25, 0.3) is 0 Å². The second kappa shape index (κ2) is 9.89. The predicted octanol–water partition coefficient (Wildman–Crippen LogP) is 1.29. The maximum absolute atomic E-state index is 12.6. The van der Waals surface area contributed by atoms with Gasteiger partial charge in [0.1, 0.15) is 5.56 Å². The molecule has 1 aromatic carbocycles. The molecule has 2 aromatic rings. The van der Waals surface area contributed by atoms with E-state index in [-0.39, 0.29) is 40.4 Å². The molecule has 1 saturated carbocycles. The minimum absolute atomic E-state index is 0.0338. The third kappa shape index (κ3) is 5.89. The summed E-state index contributed by atoms with van der Waals surface area (Å²) in [6.07, 6.45) is 3.77. The van der Waals surface area contributed by atoms with Crippen LogP contribution in [0.1, 0.15) is 55.5 Å². The van der Waals surface area contributed by atoms with Crippen LogP contribution in [0.2, 0.25) is 0 Å². The molecule has 1 aliphatic rings. The lowest BCUT2D eigenvalue weighted by Crippen LogP contribution is -2.43. The molecular formula is C21H31N7O4S. The molecule has 0 aliphatic heterocycles. The molecule has 0 bridgehead atoms. The molecule has 1 fully saturated rings. The molecule has 3 rings (SSSR count). The number of aromatic nitrogens is 2. The molecule has 0 saturated heterocycles. The van der Waals surface area contributed by atoms with Crippen molar-refractivity contribution in [3.8, 4) is 0 Å². The number of nitrogens with zero attached hydrogens (tertiary/aromatic N) is 1. The van der Waals surface area contributed by atoms with Crippen molar-refractivity contribution < 1.29 is 13.2 Å². The summed E-state index contributed by atoms with van der Waals surface area (Å²) in [5.74, 6) is -0.801. The Labute approximate surface area is 192 Å². The molecule has 1 aliphatic carbocycles. The van der Waals surface area contributed by atoms with Crippen molar-refractivity contribution in [2.75, 3.05) is 10.6 Å². The third-order valence-electron chi connectivity index (χ3n) is 5.43. The fourth-order valence-corrected chi connectivity index (χ4v) is 5.39. The van der Waals surface area contributed by atoms with Crippen molar-refractivity contribution in [1.82, 2.24) is 14.7 Å². The van der Waals surface area contributed by atoms with Crippen LogP contribution < -0.4 is 32.4 Å². The third-order valence-corrected chi connectivity index (χ3v) is 7.24. The van der Waals surface area contributed by atoms with E-state index in [1.165, 1.54) is 12.1 Å². The number of aryl methyl sites for hydroxylation is 1. The molecule has 0 unspecified atom stereocenters. The van der Waals surface area contributed by atoms with Crippen LogP contribution in [-0.2, 0) is 10.0 Å². The lowest BCUT2D eigenvalue weighted by Gasteiger charge is -2.29. The normalized spacial score (nSPS) is 18.8. The van der Waals surface area contributed by atoms with Crippen molar-refractivity contribution in [2.24, 2.45) is 11.5 Å². The smallest absolute Gasteiger partial charge is 0.267 e. The number of nitrogens with one attached hydrogen (secondary N) is 4. The highest BCUT2D eigenvalue weighted by molar-refractivity contribution is 7.89. The monoisotopic (exact) mass is 477 g/mol. The zero-order valence-corrected chi connectivity index (χ0v) is 19.8. The maximum Gasteiger partial charge on any atom is 0.267 e. The first-order valence-corrected chi connectivity index (χ1v) is 12.3. The Kier molecular flexibility index (Phi) is 7.40. The lowest BCUT2D eigenvalue weighted by atomic mass is 9.91. The number of rotatable bonds is 8. The van der Waals surface area contributed by atoms with Crippen molar-refractivity contribution in [1.29, 1.82) is 0 Å². The Balaban J connectivity index is 1.93. The number of anilines is 3. The van der Waals surface area contributed by atoms with E-state index in [4.69, 9.17) is 11.5 Å². The lowest BCUT2D eigenvalue weighted by molar-refractivity contribution is 0.0999. The highest BCUT2D eigenvalue weighted by atomic mass is 32.2. The molecule has 1 amide bonds. The van der Waals surface area contributed by atoms with E-state index in [0.29, 0.717) is 11.3 Å². The van der Waals surface area contributed by atoms with E-state index in [9.17, 15) is 18.0 Å². The number of sulfonamides is 1. The van der Waals surface area contributed by atoms with Crippen molar-refractivity contribution in [2.45, 2.75) is 69.5 Å². The number of amides is 1. The van der Waals surface area contributed by atoms with Crippen LogP contribution >= 0.6 is 0 Å². The average Bonchev–Trinajstić information content (AvgIpc) is 2.68. The molecule has 11 nitrogen and oxygen atoms in total. The summed E-state index contributed by atoms with van der Waals surface area (Å²) in [5.41, 5.74) is 11.5. The van der Waals surface area contributed by atoms with E-state index < -0.39 is 21.5 Å². The van der Waals surface area contributed by atoms with Gasteiger partial charge in [0.2, 0.25) is 16.0 Å². The van der Waals surface area contributed by atoms with Gasteiger partial charge in [0, 0.05) is 23.8 Å². The molecule has 2 atom stereocenters. The van der Waals surface area contributed by atoms with E-state index in [2.05, 4.69) is 25.3 Å². The summed E-state index contributed by atoms with van der Waals surface area (Å²) < 4.78 is 27.6. The largest absolute Gasteiger partial charge is 0.365 e. The van der Waals surface area contributed by atoms with Gasteiger partial charge in [-0.2, -0.15) is 4.98 Å². The first-order valence-electron chi connectivity index (χ1n) is 10.8. The molecular weight excluding hydrogens is 446 g/mol. The predicted molar refractivity (Wildman–Crippen MR) is 127 cm³/mol. The van der Waals surface area contributed by atoms with E-state index in [1.807, 2.05) is 0 Å². The molecule has 180 valence electrons. The second-order valence-electron chi connectivity index (χ2n) is 8.58. The van der Waals surface area contributed by atoms with Crippen LogP contribution in [0.4, 0.5) is 17.5 Å². The number of hydrogen-bond acceptors (Lipinski definition) is 8. The van der Waals surface area contributed by atoms with Gasteiger partial charge in [0.15, 0.2) is 5.82 Å². The summed E-state index contributed by atoms with van der Waals surface area (Å²) in [6, 6.07) is 4.17. The number of nitrogens with two attached hydrogens (primary N) is 2. The molecule has 8 N–H and O–H groups in total. The number of primary amides is 1. The van der Waals surface area contributed by atoms with Crippen LogP contribution in [-0.4, -0.2) is 42.4 Å². The zero-order chi connectivity index (χ0) is 24.3. The number of benzene rings is 1. The Morgan fingerprint density at radius 3 is 2.55 bits per heavy atom. The number of H-pyrrole nitrogens is 1. The first kappa shape index (κ1) is 24.7. The Morgan fingerprint density at radius 1 is 1.24 bits per heavy atom. The van der Waals surface area contributed by atoms with Gasteiger partial charge in [-0.05, 0) is 57.4 Å². The molecule has 0 radical (unpaired) electrons. The standard InChI is InChI=1S/C21H31N7O4S/c1-11(2)28-33(31,32)16-9-8-13(10-12(16)3)24-19-17(18(23)29)20(30)27-21(26-19)25-15-7-5-4-6-14(15)22/h8-11,14-15,28H,4-7,22H2,1-3H3,(H2,23,29)(H3,24,25,26,27,30)/t14-,15-/m0/s1. The SMILES string of the molecule is Cc1cc(Nc2nc(N[C@H]3CCCC[C@@H]3N)[nH]c(=O)c2C(N)=O)ccc1S(=O)(=O)NC(C)C. The highest BCUT2D eigenvalue weighted by Crippen LogP contribution is 2.24. The maximum atomic E-state index is 12.6. The quantitative estimate of drug-likeness (QED) is 0.328. The van der Waals surface area contributed by atoms with Gasteiger partial charge in [0.05, 0.1) is 4.90 Å². The van der Waals surface area contributed by atoms with Crippen LogP contribution in [0.5, 0.6) is 0 Å². The van der Waals surface area contributed by atoms with E-state index in [1.54, 1.807) is 26.8 Å². The van der Waals surface area contributed by atoms with E-state index >= 15 is 0 Å². The van der Waals surface area contributed by atoms with Gasteiger partial charge >= 0.3 is 0 Å². The molecule has 33 heavy (non-hydrogen) atoms. The Bertz CT molecular complexity index is 1190. The summed E-state index contributed by atoms with van der Waals surface area (Å²) >= 11 is 0. The summed E-state index contributed by atoms with van der Waals surface area (Å²) in [7, 11) is -3.68. The van der Waals surface area contributed by atoms with Crippen molar-refractivity contribution in [3.63, 3.8) is 0 Å². The van der Waals surface area contributed by atoms with Crippen molar-refractivity contribution >= 4 is 33.4 Å². The molecule has 1 heterocycles. The first-order chi connectivity index (χ1) is 15.5. The zero-order valence-electron chi connectivity index (χ0n) is 18.9. The second-order valence-corrected chi connectivity index (χ2v) is 10.3. The topological polar surface area (TPSA) is 185 Å². The van der Waals surface area contributed by atoms with Crippen molar-refractivity contribution in [3.05, 3.63) is 39.7 Å². The average molecular weight is 478 g/mol. The van der Waals surface area contributed by atoms with Gasteiger partial charge in [-0.3, -0.25) is 14.6 Å². The molecule has 0 spiro atoms. The number of hydrogen-bond donors (Lipinski definition) is 6. The molecule has 1 aromatic heterocycles. The van der Waals surface area contributed by atoms with Crippen LogP contribution in [0.15, 0.2) is 27.9 Å². The van der Waals surface area contributed by atoms with E-state index in [0.717, 1.165) is 25.7 Å². The minimum Gasteiger partial charge on any atom is -0.365 e. The Morgan fingerprint density at radius 2 is 1.94 bits per heavy atom. The van der Waals surface area contributed by atoms with Crippen LogP contribution in [0.3, 0.4) is 0 Å². The van der Waals surface area contributed by atoms with Gasteiger partial charge in [0.25, 0.3) is 11.5 Å². The number of carbonyl (C=O) groups excluding carboxylic acids is 1. The fourth-order valence-electron chi connectivity index (χ4n) is 3.91. The number of aromatic amines is 1. The minimum atomic E-state index is -3.68. The Hall–Kier alpha value is -2.96. The summed E-state index contributed by atoms with van der Waals surface area (Å²) in [4.78, 5) is 31.5. The summed E-state index contributed by atoms with van der Waals surface area (Å²) in [5, 5.41) is 6.08.